The van der Waals surface area contributed by atoms with Crippen LogP contribution in [0.15, 0.2) is 36.7 Å². The van der Waals surface area contributed by atoms with Crippen molar-refractivity contribution in [3.05, 3.63) is 53.5 Å². The third-order valence-corrected chi connectivity index (χ3v) is 7.96. The molecule has 1 unspecified atom stereocenters. The number of carbonyl (C=O) groups is 1. The van der Waals surface area contributed by atoms with Gasteiger partial charge in [-0.2, -0.15) is 5.10 Å². The molecule has 8 nitrogen and oxygen atoms in total. The van der Waals surface area contributed by atoms with E-state index in [0.717, 1.165) is 79.6 Å². The first-order valence-electron chi connectivity index (χ1n) is 13.5. The molecule has 0 amide bonds. The average Bonchev–Trinajstić information content (AvgIpc) is 3.32. The molecule has 4 rings (SSSR count). The largest absolute Gasteiger partial charge is 0.497 e. The smallest absolute Gasteiger partial charge is 0.303 e. The number of nitrogens with zero attached hydrogens (tertiary/aromatic N) is 3. The number of nitrogens with one attached hydrogen (secondary N) is 1. The second kappa shape index (κ2) is 13.0. The maximum Gasteiger partial charge on any atom is 0.303 e. The van der Waals surface area contributed by atoms with Gasteiger partial charge >= 0.3 is 5.97 Å². The minimum atomic E-state index is -0.733. The number of aromatic nitrogens is 3. The molecule has 1 aromatic carbocycles. The van der Waals surface area contributed by atoms with Crippen LogP contribution in [0.5, 0.6) is 5.75 Å². The number of unbranched alkanes of at least 4 members (excludes halogenated alkanes) is 1. The Balaban J connectivity index is 1.32. The van der Waals surface area contributed by atoms with E-state index >= 15 is 0 Å². The van der Waals surface area contributed by atoms with Crippen LogP contribution in [-0.2, 0) is 11.2 Å². The van der Waals surface area contributed by atoms with Gasteiger partial charge in [-0.3, -0.25) is 14.9 Å². The van der Waals surface area contributed by atoms with Crippen molar-refractivity contribution >= 4 is 16.9 Å². The first-order chi connectivity index (χ1) is 17.9. The fraction of sp³-hybridized carbons (Fsp3) is 0.552. The Bertz CT molecular complexity index is 1160. The van der Waals surface area contributed by atoms with E-state index in [2.05, 4.69) is 27.0 Å². The molecule has 3 aromatic rings. The van der Waals surface area contributed by atoms with Crippen LogP contribution < -0.4 is 4.74 Å². The fourth-order valence-corrected chi connectivity index (χ4v) is 5.75. The van der Waals surface area contributed by atoms with Crippen molar-refractivity contribution in [1.82, 2.24) is 20.1 Å². The second-order valence-corrected chi connectivity index (χ2v) is 10.4. The molecule has 1 fully saturated rings. The number of fused-ring (bicyclic) bond motifs is 1. The highest BCUT2D eigenvalue weighted by Gasteiger charge is 2.30. The number of carboxylic acids is 1. The first kappa shape index (κ1) is 27.1. The quantitative estimate of drug-likeness (QED) is 0.281. The zero-order valence-electron chi connectivity index (χ0n) is 22.0. The molecule has 1 aliphatic rings. The predicted molar refractivity (Wildman–Crippen MR) is 144 cm³/mol. The van der Waals surface area contributed by atoms with Crippen LogP contribution in [0.25, 0.3) is 10.9 Å². The highest BCUT2D eigenvalue weighted by Crippen LogP contribution is 2.35. The summed E-state index contributed by atoms with van der Waals surface area (Å²) in [4.78, 5) is 18.3. The van der Waals surface area contributed by atoms with Gasteiger partial charge in [0.25, 0.3) is 0 Å². The van der Waals surface area contributed by atoms with E-state index in [4.69, 9.17) is 4.74 Å². The highest BCUT2D eigenvalue weighted by molar-refractivity contribution is 5.83. The molecule has 0 saturated carbocycles. The van der Waals surface area contributed by atoms with Crippen LogP contribution >= 0.6 is 0 Å². The number of rotatable bonds is 13. The molecule has 1 aliphatic heterocycles. The van der Waals surface area contributed by atoms with Crippen molar-refractivity contribution in [1.29, 1.82) is 0 Å². The summed E-state index contributed by atoms with van der Waals surface area (Å²) in [5.74, 6) is 0.766. The topological polar surface area (TPSA) is 112 Å². The molecule has 0 spiro atoms. The Morgan fingerprint density at radius 1 is 1.24 bits per heavy atom. The van der Waals surface area contributed by atoms with E-state index in [9.17, 15) is 15.0 Å². The van der Waals surface area contributed by atoms with E-state index < -0.39 is 12.1 Å². The predicted octanol–water partition coefficient (Wildman–Crippen LogP) is 4.91. The summed E-state index contributed by atoms with van der Waals surface area (Å²) in [7, 11) is 1.64. The van der Waals surface area contributed by atoms with Gasteiger partial charge in [0.15, 0.2) is 0 Å². The molecule has 3 heterocycles. The van der Waals surface area contributed by atoms with Crippen molar-refractivity contribution in [3.8, 4) is 5.75 Å². The summed E-state index contributed by atoms with van der Waals surface area (Å²) in [6.07, 6.45) is 9.82. The molecule has 3 N–H and O–H groups in total. The molecule has 37 heavy (non-hydrogen) atoms. The summed E-state index contributed by atoms with van der Waals surface area (Å²) < 4.78 is 5.38. The molecule has 8 heteroatoms. The summed E-state index contributed by atoms with van der Waals surface area (Å²) in [6.45, 7) is 5.07. The van der Waals surface area contributed by atoms with Crippen LogP contribution in [0.2, 0.25) is 0 Å². The van der Waals surface area contributed by atoms with Crippen LogP contribution in [0, 0.1) is 18.8 Å². The summed E-state index contributed by atoms with van der Waals surface area (Å²) in [6, 6.07) is 7.62. The van der Waals surface area contributed by atoms with Gasteiger partial charge < -0.3 is 19.8 Å². The SMILES string of the molecule is COc1ccc2nccc(C(O)CC[C@@H]3CCN(CCCCc4cn[nH]c4C)C[C@@H]3CCC(=O)O)c2c1. The van der Waals surface area contributed by atoms with E-state index in [-0.39, 0.29) is 6.42 Å². The van der Waals surface area contributed by atoms with Gasteiger partial charge in [-0.25, -0.2) is 0 Å². The van der Waals surface area contributed by atoms with Crippen LogP contribution in [0.4, 0.5) is 0 Å². The molecule has 0 bridgehead atoms. The number of benzene rings is 1. The molecule has 0 aliphatic carbocycles. The molecule has 2 aromatic heterocycles. The van der Waals surface area contributed by atoms with Gasteiger partial charge in [0, 0.05) is 30.2 Å². The summed E-state index contributed by atoms with van der Waals surface area (Å²) >= 11 is 0. The number of hydrogen-bond acceptors (Lipinski definition) is 6. The van der Waals surface area contributed by atoms with Gasteiger partial charge in [0.2, 0.25) is 0 Å². The van der Waals surface area contributed by atoms with E-state index in [1.165, 1.54) is 5.56 Å². The number of likely N-dealkylation sites (tertiary alicyclic amines) is 1. The Hall–Kier alpha value is -2.97. The normalized spacial score (nSPS) is 19.2. The monoisotopic (exact) mass is 508 g/mol. The van der Waals surface area contributed by atoms with E-state index in [1.54, 1.807) is 13.3 Å². The minimum absolute atomic E-state index is 0.201. The molecule has 0 radical (unpaired) electrons. The first-order valence-corrected chi connectivity index (χ1v) is 13.5. The van der Waals surface area contributed by atoms with Gasteiger partial charge in [-0.05, 0) is 112 Å². The zero-order chi connectivity index (χ0) is 26.2. The Labute approximate surface area is 219 Å². The number of aliphatic hydroxyl groups is 1. The number of hydrogen-bond donors (Lipinski definition) is 3. The molecule has 200 valence electrons. The third kappa shape index (κ3) is 7.29. The number of carboxylic acid groups (broad SMARTS) is 1. The number of methoxy groups -OCH3 is 1. The number of aliphatic hydroxyl groups excluding tert-OH is 1. The van der Waals surface area contributed by atoms with Crippen molar-refractivity contribution in [2.24, 2.45) is 11.8 Å². The second-order valence-electron chi connectivity index (χ2n) is 10.4. The maximum atomic E-state index is 11.3. The van der Waals surface area contributed by atoms with Crippen LogP contribution in [-0.4, -0.2) is 63.0 Å². The lowest BCUT2D eigenvalue weighted by Gasteiger charge is -2.39. The standard InChI is InChI=1S/C29H40N4O4/c1-20-22(18-31-32-20)5-3-4-15-33-16-13-21(23(19-33)7-11-29(35)36)6-10-28(34)25-12-14-30-27-9-8-24(37-2)17-26(25)27/h8-9,12,14,17-18,21,23,28,34H,3-7,10-11,13,15-16,19H2,1-2H3,(H,31,32)(H,35,36)/t21-,23+,28?/m1/s1. The maximum absolute atomic E-state index is 11.3. The van der Waals surface area contributed by atoms with Crippen LogP contribution in [0.1, 0.15) is 67.9 Å². The van der Waals surface area contributed by atoms with Crippen molar-refractivity contribution in [2.75, 3.05) is 26.7 Å². The van der Waals surface area contributed by atoms with E-state index in [1.807, 2.05) is 30.5 Å². The van der Waals surface area contributed by atoms with Crippen molar-refractivity contribution in [3.63, 3.8) is 0 Å². The molecule has 1 saturated heterocycles. The zero-order valence-corrected chi connectivity index (χ0v) is 22.0. The number of H-pyrrole nitrogens is 1. The number of pyridine rings is 1. The molecular formula is C29H40N4O4. The van der Waals surface area contributed by atoms with E-state index in [0.29, 0.717) is 24.7 Å². The lowest BCUT2D eigenvalue weighted by molar-refractivity contribution is -0.137. The van der Waals surface area contributed by atoms with Gasteiger partial charge in [-0.15, -0.1) is 0 Å². The average molecular weight is 509 g/mol. The van der Waals surface area contributed by atoms with Crippen LogP contribution in [0.3, 0.4) is 0 Å². The lowest BCUT2D eigenvalue weighted by atomic mass is 9.79. The van der Waals surface area contributed by atoms with Gasteiger partial charge in [-0.1, -0.05) is 0 Å². The van der Waals surface area contributed by atoms with Crippen molar-refractivity contribution < 1.29 is 19.7 Å². The van der Waals surface area contributed by atoms with Gasteiger partial charge in [0.05, 0.1) is 24.9 Å². The number of aromatic amines is 1. The Morgan fingerprint density at radius 3 is 2.86 bits per heavy atom. The number of ether oxygens (including phenoxy) is 1. The molecular weight excluding hydrogens is 468 g/mol. The third-order valence-electron chi connectivity index (χ3n) is 7.96. The molecule has 3 atom stereocenters. The highest BCUT2D eigenvalue weighted by atomic mass is 16.5. The Kier molecular flexibility index (Phi) is 9.52. The van der Waals surface area contributed by atoms with Crippen molar-refractivity contribution in [2.45, 2.75) is 64.4 Å². The van der Waals surface area contributed by atoms with Gasteiger partial charge in [0.1, 0.15) is 5.75 Å². The Morgan fingerprint density at radius 2 is 2.11 bits per heavy atom. The number of aliphatic carboxylic acids is 1. The lowest BCUT2D eigenvalue weighted by Crippen LogP contribution is -2.41. The fourth-order valence-electron chi connectivity index (χ4n) is 5.75. The minimum Gasteiger partial charge on any atom is -0.497 e. The number of aryl methyl sites for hydroxylation is 2. The number of piperidine rings is 1. The summed E-state index contributed by atoms with van der Waals surface area (Å²) in [5.41, 5.74) is 4.15. The summed E-state index contributed by atoms with van der Waals surface area (Å²) in [5, 5.41) is 28.5.